The molecule has 4 N–H and O–H groups in total. The van der Waals surface area contributed by atoms with E-state index in [1.807, 2.05) is 12.1 Å². The first-order valence-electron chi connectivity index (χ1n) is 10.1. The minimum absolute atomic E-state index is 0.266. The van der Waals surface area contributed by atoms with Gasteiger partial charge < -0.3 is 16.4 Å². The average molecular weight is 427 g/mol. The zero-order valence-electron chi connectivity index (χ0n) is 16.5. The Morgan fingerprint density at radius 3 is 2.70 bits per heavy atom. The average Bonchev–Trinajstić information content (AvgIpc) is 2.75. The molecular formula is C22H24ClFN6. The Bertz CT molecular complexity index is 1010. The van der Waals surface area contributed by atoms with Crippen molar-refractivity contribution in [3.8, 4) is 11.3 Å². The molecule has 1 aromatic carbocycles. The van der Waals surface area contributed by atoms with Crippen LogP contribution in [-0.2, 0) is 6.54 Å². The fourth-order valence-corrected chi connectivity index (χ4v) is 3.81. The highest BCUT2D eigenvalue weighted by molar-refractivity contribution is 6.33. The van der Waals surface area contributed by atoms with Crippen molar-refractivity contribution in [3.63, 3.8) is 0 Å². The van der Waals surface area contributed by atoms with E-state index in [2.05, 4.69) is 25.6 Å². The lowest BCUT2D eigenvalue weighted by Crippen LogP contribution is -2.33. The third-order valence-corrected chi connectivity index (χ3v) is 5.55. The van der Waals surface area contributed by atoms with E-state index in [1.54, 1.807) is 24.7 Å². The number of pyridine rings is 1. The molecule has 0 atom stereocenters. The van der Waals surface area contributed by atoms with Crippen molar-refractivity contribution >= 4 is 23.2 Å². The number of nitrogens with one attached hydrogen (secondary N) is 2. The number of benzene rings is 1. The molecule has 0 amide bonds. The number of hydrogen-bond acceptors (Lipinski definition) is 6. The van der Waals surface area contributed by atoms with Crippen molar-refractivity contribution in [2.75, 3.05) is 10.6 Å². The molecule has 156 valence electrons. The lowest BCUT2D eigenvalue weighted by atomic mass is 9.92. The molecule has 2 aromatic heterocycles. The summed E-state index contributed by atoms with van der Waals surface area (Å²) >= 11 is 6.40. The van der Waals surface area contributed by atoms with Crippen LogP contribution in [0.4, 0.5) is 16.0 Å². The molecule has 0 radical (unpaired) electrons. The number of hydrogen-bond donors (Lipinski definition) is 3. The highest BCUT2D eigenvalue weighted by Crippen LogP contribution is 2.29. The Hall–Kier alpha value is -2.77. The maximum atomic E-state index is 13.4. The molecule has 0 unspecified atom stereocenters. The van der Waals surface area contributed by atoms with E-state index < -0.39 is 0 Å². The Kier molecular flexibility index (Phi) is 6.40. The van der Waals surface area contributed by atoms with Gasteiger partial charge in [-0.3, -0.25) is 4.98 Å². The monoisotopic (exact) mass is 426 g/mol. The molecule has 1 fully saturated rings. The normalized spacial score (nSPS) is 18.8. The molecule has 1 saturated carbocycles. The van der Waals surface area contributed by atoms with Crippen LogP contribution in [0, 0.1) is 5.82 Å². The van der Waals surface area contributed by atoms with E-state index in [4.69, 9.17) is 17.3 Å². The molecule has 6 nitrogen and oxygen atoms in total. The lowest BCUT2D eigenvalue weighted by molar-refractivity contribution is 0.410. The molecule has 3 aromatic rings. The topological polar surface area (TPSA) is 88.8 Å². The fourth-order valence-electron chi connectivity index (χ4n) is 3.61. The second-order valence-electron chi connectivity index (χ2n) is 7.58. The van der Waals surface area contributed by atoms with Crippen molar-refractivity contribution in [3.05, 3.63) is 65.3 Å². The van der Waals surface area contributed by atoms with Crippen molar-refractivity contribution in [2.24, 2.45) is 5.73 Å². The summed E-state index contributed by atoms with van der Waals surface area (Å²) in [5.41, 5.74) is 8.21. The molecule has 0 bridgehead atoms. The summed E-state index contributed by atoms with van der Waals surface area (Å²) in [5.74, 6) is 1.08. The second-order valence-corrected chi connectivity index (χ2v) is 7.99. The quantitative estimate of drug-likeness (QED) is 0.532. The zero-order valence-corrected chi connectivity index (χ0v) is 17.2. The van der Waals surface area contributed by atoms with E-state index in [9.17, 15) is 4.39 Å². The molecule has 1 aliphatic rings. The molecule has 0 spiro atoms. The standard InChI is InChI=1S/C22H24ClFN6/c23-19-11-28-21(29-17-6-4-16(25)5-7-17)9-18(19)20-12-26-13-22(30-20)27-10-14-2-1-3-15(24)8-14/h1-3,8-9,11-13,16-17H,4-7,10,25H2,(H,27,30)(H,28,29)/t16-,17-. The van der Waals surface area contributed by atoms with Gasteiger partial charge in [-0.25, -0.2) is 14.4 Å². The van der Waals surface area contributed by atoms with Crippen LogP contribution >= 0.6 is 11.6 Å². The molecule has 8 heteroatoms. The summed E-state index contributed by atoms with van der Waals surface area (Å²) in [6.07, 6.45) is 9.01. The van der Waals surface area contributed by atoms with Crippen LogP contribution in [0.15, 0.2) is 48.9 Å². The smallest absolute Gasteiger partial charge is 0.145 e. The lowest BCUT2D eigenvalue weighted by Gasteiger charge is -2.27. The van der Waals surface area contributed by atoms with Gasteiger partial charge in [-0.1, -0.05) is 23.7 Å². The van der Waals surface area contributed by atoms with E-state index in [0.29, 0.717) is 35.2 Å². The third kappa shape index (κ3) is 5.23. The van der Waals surface area contributed by atoms with E-state index in [1.165, 1.54) is 12.1 Å². The van der Waals surface area contributed by atoms with Crippen LogP contribution in [-0.4, -0.2) is 27.0 Å². The Labute approximate surface area is 180 Å². The summed E-state index contributed by atoms with van der Waals surface area (Å²) in [5, 5.41) is 7.16. The van der Waals surface area contributed by atoms with Crippen molar-refractivity contribution in [1.82, 2.24) is 15.0 Å². The SMILES string of the molecule is N[C@H]1CC[C@H](Nc2cc(-c3cncc(NCc4cccc(F)c4)n3)c(Cl)cn2)CC1. The second kappa shape index (κ2) is 9.36. The van der Waals surface area contributed by atoms with Gasteiger partial charge in [0.2, 0.25) is 0 Å². The van der Waals surface area contributed by atoms with Crippen LogP contribution in [0.1, 0.15) is 31.2 Å². The Balaban J connectivity index is 1.48. The van der Waals surface area contributed by atoms with Gasteiger partial charge in [0.15, 0.2) is 0 Å². The number of rotatable bonds is 6. The molecule has 4 rings (SSSR count). The maximum Gasteiger partial charge on any atom is 0.145 e. The van der Waals surface area contributed by atoms with Crippen LogP contribution in [0.25, 0.3) is 11.3 Å². The summed E-state index contributed by atoms with van der Waals surface area (Å²) in [7, 11) is 0. The van der Waals surface area contributed by atoms with Gasteiger partial charge in [0.1, 0.15) is 17.5 Å². The Morgan fingerprint density at radius 2 is 1.90 bits per heavy atom. The molecule has 30 heavy (non-hydrogen) atoms. The van der Waals surface area contributed by atoms with Crippen LogP contribution in [0.5, 0.6) is 0 Å². The van der Waals surface area contributed by atoms with Gasteiger partial charge in [-0.05, 0) is 49.4 Å². The van der Waals surface area contributed by atoms with E-state index in [0.717, 1.165) is 42.6 Å². The first-order valence-corrected chi connectivity index (χ1v) is 10.4. The van der Waals surface area contributed by atoms with Crippen LogP contribution in [0.3, 0.4) is 0 Å². The predicted molar refractivity (Wildman–Crippen MR) is 118 cm³/mol. The van der Waals surface area contributed by atoms with Crippen LogP contribution < -0.4 is 16.4 Å². The van der Waals surface area contributed by atoms with Crippen molar-refractivity contribution < 1.29 is 4.39 Å². The van der Waals surface area contributed by atoms with E-state index in [-0.39, 0.29) is 5.82 Å². The third-order valence-electron chi connectivity index (χ3n) is 5.25. The van der Waals surface area contributed by atoms with Gasteiger partial charge >= 0.3 is 0 Å². The Morgan fingerprint density at radius 1 is 1.07 bits per heavy atom. The number of nitrogens with zero attached hydrogens (tertiary/aromatic N) is 3. The van der Waals surface area contributed by atoms with E-state index >= 15 is 0 Å². The maximum absolute atomic E-state index is 13.4. The number of aromatic nitrogens is 3. The van der Waals surface area contributed by atoms with Gasteiger partial charge in [0.25, 0.3) is 0 Å². The summed E-state index contributed by atoms with van der Waals surface area (Å²) in [6, 6.07) is 8.99. The molecule has 2 heterocycles. The molecular weight excluding hydrogens is 403 g/mol. The van der Waals surface area contributed by atoms with Gasteiger partial charge in [0.05, 0.1) is 23.1 Å². The first-order chi connectivity index (χ1) is 14.6. The van der Waals surface area contributed by atoms with Gasteiger partial charge in [-0.2, -0.15) is 0 Å². The number of nitrogens with two attached hydrogens (primary N) is 1. The zero-order chi connectivity index (χ0) is 20.9. The van der Waals surface area contributed by atoms with Crippen molar-refractivity contribution in [1.29, 1.82) is 0 Å². The summed E-state index contributed by atoms with van der Waals surface area (Å²) < 4.78 is 13.4. The summed E-state index contributed by atoms with van der Waals surface area (Å²) in [4.78, 5) is 13.3. The van der Waals surface area contributed by atoms with Crippen LogP contribution in [0.2, 0.25) is 5.02 Å². The largest absolute Gasteiger partial charge is 0.367 e. The van der Waals surface area contributed by atoms with Gasteiger partial charge in [-0.15, -0.1) is 0 Å². The number of anilines is 2. The first kappa shape index (κ1) is 20.5. The van der Waals surface area contributed by atoms with Crippen molar-refractivity contribution in [2.45, 2.75) is 44.3 Å². The molecule has 1 aliphatic carbocycles. The molecule has 0 saturated heterocycles. The highest BCUT2D eigenvalue weighted by Gasteiger charge is 2.19. The predicted octanol–water partition coefficient (Wildman–Crippen LogP) is 4.63. The fraction of sp³-hybridized carbons (Fsp3) is 0.318. The van der Waals surface area contributed by atoms with Gasteiger partial charge in [0, 0.05) is 30.4 Å². The molecule has 0 aliphatic heterocycles. The highest BCUT2D eigenvalue weighted by atomic mass is 35.5. The number of halogens is 2. The summed E-state index contributed by atoms with van der Waals surface area (Å²) in [6.45, 7) is 0.441. The minimum atomic E-state index is -0.266. The minimum Gasteiger partial charge on any atom is -0.367 e.